The summed E-state index contributed by atoms with van der Waals surface area (Å²) in [6.07, 6.45) is 1.13. The molecule has 0 heterocycles. The zero-order valence-corrected chi connectivity index (χ0v) is 11.5. The van der Waals surface area contributed by atoms with E-state index in [0.717, 1.165) is 6.26 Å². The zero-order valence-electron chi connectivity index (χ0n) is 10.7. The lowest BCUT2D eigenvalue weighted by atomic mass is 10.1. The number of nitrogens with zero attached hydrogens (tertiary/aromatic N) is 1. The van der Waals surface area contributed by atoms with Crippen molar-refractivity contribution in [2.24, 2.45) is 0 Å². The average molecular weight is 271 g/mol. The number of sulfone groups is 1. The van der Waals surface area contributed by atoms with Crippen molar-refractivity contribution in [1.29, 1.82) is 0 Å². The summed E-state index contributed by atoms with van der Waals surface area (Å²) >= 11 is 0. The molecule has 0 spiro atoms. The van der Waals surface area contributed by atoms with E-state index in [1.54, 1.807) is 19.1 Å². The van der Waals surface area contributed by atoms with E-state index < -0.39 is 9.84 Å². The molecule has 0 aromatic heterocycles. The maximum Gasteiger partial charge on any atom is 0.253 e. The van der Waals surface area contributed by atoms with Crippen molar-refractivity contribution < 1.29 is 18.3 Å². The second-order valence-electron chi connectivity index (χ2n) is 4.36. The SMILES string of the molecule is Cc1ccc(C(=O)N(C)CCS(C)(=O)=O)cc1O. The molecule has 6 heteroatoms. The van der Waals surface area contributed by atoms with Gasteiger partial charge >= 0.3 is 0 Å². The molecule has 1 amide bonds. The highest BCUT2D eigenvalue weighted by Crippen LogP contribution is 2.18. The Balaban J connectivity index is 2.77. The number of amides is 1. The van der Waals surface area contributed by atoms with E-state index in [-0.39, 0.29) is 24.0 Å². The zero-order chi connectivity index (χ0) is 13.9. The van der Waals surface area contributed by atoms with Crippen LogP contribution in [0.15, 0.2) is 18.2 Å². The summed E-state index contributed by atoms with van der Waals surface area (Å²) in [6.45, 7) is 1.86. The number of benzene rings is 1. The highest BCUT2D eigenvalue weighted by atomic mass is 32.2. The molecular weight excluding hydrogens is 254 g/mol. The second kappa shape index (κ2) is 5.39. The van der Waals surface area contributed by atoms with Crippen LogP contribution in [0.1, 0.15) is 15.9 Å². The van der Waals surface area contributed by atoms with Crippen LogP contribution in [-0.4, -0.2) is 49.9 Å². The van der Waals surface area contributed by atoms with Gasteiger partial charge in [-0.2, -0.15) is 0 Å². The Morgan fingerprint density at radius 2 is 2.00 bits per heavy atom. The lowest BCUT2D eigenvalue weighted by molar-refractivity contribution is 0.0803. The lowest BCUT2D eigenvalue weighted by Gasteiger charge is -2.16. The van der Waals surface area contributed by atoms with Gasteiger partial charge < -0.3 is 10.0 Å². The molecule has 0 aliphatic rings. The Hall–Kier alpha value is -1.56. The van der Waals surface area contributed by atoms with E-state index in [1.807, 2.05) is 0 Å². The Morgan fingerprint density at radius 1 is 1.39 bits per heavy atom. The number of phenolic OH excluding ortho intramolecular Hbond substituents is 1. The number of hydrogen-bond acceptors (Lipinski definition) is 4. The van der Waals surface area contributed by atoms with Gasteiger partial charge in [-0.3, -0.25) is 4.79 Å². The number of aryl methyl sites for hydroxylation is 1. The normalized spacial score (nSPS) is 11.3. The molecule has 0 unspecified atom stereocenters. The van der Waals surface area contributed by atoms with Gasteiger partial charge in [0.15, 0.2) is 0 Å². The van der Waals surface area contributed by atoms with Crippen LogP contribution >= 0.6 is 0 Å². The summed E-state index contributed by atoms with van der Waals surface area (Å²) < 4.78 is 22.0. The minimum atomic E-state index is -3.09. The molecule has 0 aliphatic heterocycles. The van der Waals surface area contributed by atoms with E-state index in [9.17, 15) is 18.3 Å². The molecule has 1 rings (SSSR count). The molecule has 100 valence electrons. The minimum absolute atomic E-state index is 0.0531. The predicted octanol–water partition coefficient (Wildman–Crippen LogP) is 0.817. The Bertz CT molecular complexity index is 551. The van der Waals surface area contributed by atoms with E-state index in [4.69, 9.17) is 0 Å². The molecule has 0 fully saturated rings. The van der Waals surface area contributed by atoms with Gasteiger partial charge in [-0.15, -0.1) is 0 Å². The summed E-state index contributed by atoms with van der Waals surface area (Å²) in [5.41, 5.74) is 1.03. The van der Waals surface area contributed by atoms with Crippen molar-refractivity contribution in [2.45, 2.75) is 6.92 Å². The number of phenols is 1. The fourth-order valence-electron chi connectivity index (χ4n) is 1.37. The minimum Gasteiger partial charge on any atom is -0.508 e. The van der Waals surface area contributed by atoms with Crippen LogP contribution in [0.5, 0.6) is 5.75 Å². The predicted molar refractivity (Wildman–Crippen MR) is 69.5 cm³/mol. The highest BCUT2D eigenvalue weighted by molar-refractivity contribution is 7.90. The van der Waals surface area contributed by atoms with Gasteiger partial charge in [0.1, 0.15) is 15.6 Å². The van der Waals surface area contributed by atoms with Crippen molar-refractivity contribution in [2.75, 3.05) is 25.6 Å². The first-order valence-corrected chi connectivity index (χ1v) is 7.49. The molecule has 0 saturated carbocycles. The van der Waals surface area contributed by atoms with E-state index >= 15 is 0 Å². The summed E-state index contributed by atoms with van der Waals surface area (Å²) in [7, 11) is -1.56. The summed E-state index contributed by atoms with van der Waals surface area (Å²) in [5.74, 6) is -0.334. The number of carbonyl (C=O) groups is 1. The average Bonchev–Trinajstić information content (AvgIpc) is 2.27. The highest BCUT2D eigenvalue weighted by Gasteiger charge is 2.14. The Kier molecular flexibility index (Phi) is 4.34. The van der Waals surface area contributed by atoms with Crippen molar-refractivity contribution in [1.82, 2.24) is 4.90 Å². The second-order valence-corrected chi connectivity index (χ2v) is 6.62. The van der Waals surface area contributed by atoms with Gasteiger partial charge in [0.05, 0.1) is 5.75 Å². The number of carbonyl (C=O) groups excluding carboxylic acids is 1. The van der Waals surface area contributed by atoms with Crippen LogP contribution in [0.2, 0.25) is 0 Å². The molecule has 1 N–H and O–H groups in total. The third-order valence-corrected chi connectivity index (χ3v) is 3.52. The van der Waals surface area contributed by atoms with Gasteiger partial charge in [0.25, 0.3) is 5.91 Å². The maximum absolute atomic E-state index is 11.9. The number of rotatable bonds is 4. The smallest absolute Gasteiger partial charge is 0.253 e. The first-order chi connectivity index (χ1) is 8.20. The van der Waals surface area contributed by atoms with Crippen molar-refractivity contribution in [3.05, 3.63) is 29.3 Å². The molecule has 5 nitrogen and oxygen atoms in total. The maximum atomic E-state index is 11.9. The monoisotopic (exact) mass is 271 g/mol. The third kappa shape index (κ3) is 4.03. The molecule has 18 heavy (non-hydrogen) atoms. The largest absolute Gasteiger partial charge is 0.508 e. The molecule has 0 radical (unpaired) electrons. The van der Waals surface area contributed by atoms with E-state index in [2.05, 4.69) is 0 Å². The summed E-state index contributed by atoms with van der Waals surface area (Å²) in [5, 5.41) is 9.52. The summed E-state index contributed by atoms with van der Waals surface area (Å²) in [6, 6.07) is 4.63. The summed E-state index contributed by atoms with van der Waals surface area (Å²) in [4.78, 5) is 13.3. The van der Waals surface area contributed by atoms with Crippen molar-refractivity contribution >= 4 is 15.7 Å². The molecule has 0 aliphatic carbocycles. The van der Waals surface area contributed by atoms with Gasteiger partial charge in [-0.25, -0.2) is 8.42 Å². The number of hydrogen-bond donors (Lipinski definition) is 1. The molecule has 1 aromatic rings. The fourth-order valence-corrected chi connectivity index (χ4v) is 1.97. The van der Waals surface area contributed by atoms with Crippen LogP contribution in [0, 0.1) is 6.92 Å². The Morgan fingerprint density at radius 3 is 2.50 bits per heavy atom. The standard InChI is InChI=1S/C12H17NO4S/c1-9-4-5-10(8-11(9)14)12(15)13(2)6-7-18(3,16)17/h4-5,8,14H,6-7H2,1-3H3. The van der Waals surface area contributed by atoms with Crippen molar-refractivity contribution in [3.63, 3.8) is 0 Å². The van der Waals surface area contributed by atoms with Crippen LogP contribution < -0.4 is 0 Å². The van der Waals surface area contributed by atoms with Gasteiger partial charge in [0, 0.05) is 25.4 Å². The van der Waals surface area contributed by atoms with Gasteiger partial charge in [-0.05, 0) is 24.6 Å². The quantitative estimate of drug-likeness (QED) is 0.879. The van der Waals surface area contributed by atoms with E-state index in [1.165, 1.54) is 18.0 Å². The van der Waals surface area contributed by atoms with Crippen LogP contribution in [-0.2, 0) is 9.84 Å². The number of aromatic hydroxyl groups is 1. The van der Waals surface area contributed by atoms with Crippen LogP contribution in [0.3, 0.4) is 0 Å². The van der Waals surface area contributed by atoms with Crippen molar-refractivity contribution in [3.8, 4) is 5.75 Å². The molecular formula is C12H17NO4S. The van der Waals surface area contributed by atoms with Gasteiger partial charge in [0.2, 0.25) is 0 Å². The van der Waals surface area contributed by atoms with Crippen LogP contribution in [0.4, 0.5) is 0 Å². The molecule has 0 saturated heterocycles. The topological polar surface area (TPSA) is 74.7 Å². The molecule has 1 aromatic carbocycles. The lowest BCUT2D eigenvalue weighted by Crippen LogP contribution is -2.31. The first kappa shape index (κ1) is 14.5. The Labute approximate surface area is 107 Å². The molecule has 0 bridgehead atoms. The van der Waals surface area contributed by atoms with Crippen LogP contribution in [0.25, 0.3) is 0 Å². The van der Waals surface area contributed by atoms with Gasteiger partial charge in [-0.1, -0.05) is 6.07 Å². The van der Waals surface area contributed by atoms with E-state index in [0.29, 0.717) is 11.1 Å². The first-order valence-electron chi connectivity index (χ1n) is 5.43. The molecule has 0 atom stereocenters. The third-order valence-electron chi connectivity index (χ3n) is 2.60. The fraction of sp³-hybridized carbons (Fsp3) is 0.417.